The summed E-state index contributed by atoms with van der Waals surface area (Å²) in [4.78, 5) is 10.8. The molecule has 0 aromatic rings. The molecule has 1 fully saturated rings. The fraction of sp³-hybridized carbons (Fsp3) is 0.842. The normalized spacial score (nSPS) is 38.7. The quantitative estimate of drug-likeness (QED) is 0.0893. The third-order valence-corrected chi connectivity index (χ3v) is 5.92. The highest BCUT2D eigenvalue weighted by molar-refractivity contribution is 7.59. The van der Waals surface area contributed by atoms with Gasteiger partial charge in [-0.15, -0.1) is 0 Å². The second-order valence-corrected chi connectivity index (χ2v) is 8.20. The molecule has 2 aliphatic rings. The van der Waals surface area contributed by atoms with Crippen LogP contribution in [-0.2, 0) is 14.3 Å². The number of carbonyl (C=O) groups is 1. The van der Waals surface area contributed by atoms with Crippen LogP contribution < -0.4 is 5.32 Å². The summed E-state index contributed by atoms with van der Waals surface area (Å²) in [5.74, 6) is 0. The summed E-state index contributed by atoms with van der Waals surface area (Å²) in [6, 6.07) is -2.11. The smallest absolute Gasteiger partial charge is 0.187 e. The van der Waals surface area contributed by atoms with E-state index in [1.807, 2.05) is 0 Å². The minimum Gasteiger partial charge on any atom is -0.394 e. The van der Waals surface area contributed by atoms with Crippen LogP contribution in [0.25, 0.3) is 0 Å². The number of carbonyl (C=O) groups excluding carboxylic acids is 1. The van der Waals surface area contributed by atoms with Crippen molar-refractivity contribution in [3.8, 4) is 0 Å². The number of ether oxygens (including phenoxy) is 2. The van der Waals surface area contributed by atoms with Crippen molar-refractivity contribution in [2.45, 2.75) is 86.3 Å². The Bertz CT molecular complexity index is 677. The lowest BCUT2D eigenvalue weighted by Crippen LogP contribution is -2.67. The topological polar surface area (TPSA) is 250 Å². The molecule has 2 rings (SSSR count). The van der Waals surface area contributed by atoms with Crippen LogP contribution in [0.5, 0.6) is 0 Å². The van der Waals surface area contributed by atoms with Crippen LogP contribution in [0.1, 0.15) is 6.92 Å². The number of aldehydes is 1. The lowest BCUT2D eigenvalue weighted by atomic mass is 9.86. The Hall–Kier alpha value is -0.410. The Balaban J connectivity index is 0.00000578. The molecular weight excluding hydrogens is 514 g/mol. The van der Waals surface area contributed by atoms with Gasteiger partial charge in [0.15, 0.2) is 12.6 Å². The van der Waals surface area contributed by atoms with Crippen LogP contribution >= 0.6 is 27.0 Å². The molecule has 35 heavy (non-hydrogen) atoms. The molecule has 1 aliphatic carbocycles. The van der Waals surface area contributed by atoms with Gasteiger partial charge in [-0.2, -0.15) is 27.0 Å². The van der Waals surface area contributed by atoms with Crippen LogP contribution in [0.4, 0.5) is 0 Å². The van der Waals surface area contributed by atoms with E-state index in [1.54, 1.807) is 0 Å². The van der Waals surface area contributed by atoms with Crippen LogP contribution in [0.2, 0.25) is 0 Å². The molecule has 16 heteroatoms. The first-order valence-corrected chi connectivity index (χ1v) is 10.4. The predicted octanol–water partition coefficient (Wildman–Crippen LogP) is -6.32. The van der Waals surface area contributed by atoms with E-state index in [9.17, 15) is 55.9 Å². The first-order valence-electron chi connectivity index (χ1n) is 10.4. The molecule has 0 spiro atoms. The van der Waals surface area contributed by atoms with E-state index in [0.29, 0.717) is 0 Å². The van der Waals surface area contributed by atoms with Crippen molar-refractivity contribution in [3.63, 3.8) is 0 Å². The van der Waals surface area contributed by atoms with Crippen molar-refractivity contribution in [1.29, 1.82) is 0 Å². The van der Waals surface area contributed by atoms with Gasteiger partial charge in [-0.3, -0.25) is 0 Å². The van der Waals surface area contributed by atoms with Gasteiger partial charge in [0.05, 0.1) is 31.4 Å². The number of rotatable bonds is 10. The predicted molar refractivity (Wildman–Crippen MR) is 127 cm³/mol. The van der Waals surface area contributed by atoms with Crippen molar-refractivity contribution < 1.29 is 65.3 Å². The average Bonchev–Trinajstić information content (AvgIpc) is 2.81. The summed E-state index contributed by atoms with van der Waals surface area (Å²) >= 11 is 0. The SMILES string of the molecule is C[C@H]1OC(O[C@H](C(O)CO)[C@H](O)[C@@H](O)C=O)C(O)[C@@H](O)C1NC1C=C(CO)C(O)C(O)C1O.S.S. The monoisotopic (exact) mass is 551 g/mol. The molecule has 0 aromatic heterocycles. The Kier molecular flexibility index (Phi) is 14.9. The molecule has 0 aromatic carbocycles. The van der Waals surface area contributed by atoms with Gasteiger partial charge in [0, 0.05) is 0 Å². The number of aliphatic hydroxyl groups is 10. The largest absolute Gasteiger partial charge is 0.394 e. The molecule has 1 aliphatic heterocycles. The van der Waals surface area contributed by atoms with Gasteiger partial charge in [-0.1, -0.05) is 6.08 Å². The van der Waals surface area contributed by atoms with Gasteiger partial charge in [0.25, 0.3) is 0 Å². The minimum atomic E-state index is -1.99. The molecular formula is C19H37NO13S2. The zero-order valence-electron chi connectivity index (χ0n) is 18.8. The van der Waals surface area contributed by atoms with Gasteiger partial charge in [-0.25, -0.2) is 0 Å². The second kappa shape index (κ2) is 15.1. The highest BCUT2D eigenvalue weighted by Crippen LogP contribution is 2.27. The zero-order valence-corrected chi connectivity index (χ0v) is 20.8. The van der Waals surface area contributed by atoms with Crippen LogP contribution in [0.3, 0.4) is 0 Å². The van der Waals surface area contributed by atoms with Gasteiger partial charge < -0.3 is 70.7 Å². The Morgan fingerprint density at radius 2 is 1.63 bits per heavy atom. The summed E-state index contributed by atoms with van der Waals surface area (Å²) in [6.07, 6.45) is -16.9. The highest BCUT2D eigenvalue weighted by atomic mass is 32.1. The summed E-state index contributed by atoms with van der Waals surface area (Å²) in [6.45, 7) is -0.0649. The molecule has 13 atom stereocenters. The van der Waals surface area contributed by atoms with E-state index < -0.39 is 92.6 Å². The lowest BCUT2D eigenvalue weighted by Gasteiger charge is -2.45. The number of nitrogens with one attached hydrogen (secondary N) is 1. The van der Waals surface area contributed by atoms with Crippen LogP contribution in [0.15, 0.2) is 11.6 Å². The van der Waals surface area contributed by atoms with Gasteiger partial charge in [-0.05, 0) is 12.5 Å². The molecule has 14 nitrogen and oxygen atoms in total. The maximum atomic E-state index is 10.8. The molecule has 0 saturated carbocycles. The van der Waals surface area contributed by atoms with E-state index >= 15 is 0 Å². The van der Waals surface area contributed by atoms with E-state index in [1.165, 1.54) is 13.0 Å². The van der Waals surface area contributed by atoms with Crippen molar-refractivity contribution >= 4 is 33.3 Å². The summed E-state index contributed by atoms with van der Waals surface area (Å²) < 4.78 is 10.8. The number of hydrogen-bond donors (Lipinski definition) is 11. The van der Waals surface area contributed by atoms with Crippen LogP contribution in [0, 0.1) is 0 Å². The van der Waals surface area contributed by atoms with Gasteiger partial charge >= 0.3 is 0 Å². The van der Waals surface area contributed by atoms with Crippen molar-refractivity contribution in [2.24, 2.45) is 0 Å². The van der Waals surface area contributed by atoms with Gasteiger partial charge in [0.2, 0.25) is 0 Å². The number of aliphatic hydroxyl groups excluding tert-OH is 10. The molecule has 0 radical (unpaired) electrons. The third kappa shape index (κ3) is 7.79. The van der Waals surface area contributed by atoms with E-state index in [-0.39, 0.29) is 38.9 Å². The van der Waals surface area contributed by atoms with E-state index in [0.717, 1.165) is 0 Å². The highest BCUT2D eigenvalue weighted by Gasteiger charge is 2.48. The first kappa shape index (κ1) is 34.6. The fourth-order valence-electron chi connectivity index (χ4n) is 3.87. The Labute approximate surface area is 215 Å². The molecule has 1 heterocycles. The fourth-order valence-corrected chi connectivity index (χ4v) is 3.87. The van der Waals surface area contributed by atoms with E-state index in [2.05, 4.69) is 5.32 Å². The van der Waals surface area contributed by atoms with Crippen molar-refractivity contribution in [2.75, 3.05) is 13.2 Å². The second-order valence-electron chi connectivity index (χ2n) is 8.20. The summed E-state index contributed by atoms with van der Waals surface area (Å²) in [5, 5.41) is 102. The molecule has 0 amide bonds. The molecule has 1 saturated heterocycles. The lowest BCUT2D eigenvalue weighted by molar-refractivity contribution is -0.306. The Morgan fingerprint density at radius 1 is 1.03 bits per heavy atom. The van der Waals surface area contributed by atoms with Gasteiger partial charge in [0.1, 0.15) is 54.9 Å². The Morgan fingerprint density at radius 3 is 2.14 bits per heavy atom. The maximum Gasteiger partial charge on any atom is 0.187 e. The summed E-state index contributed by atoms with van der Waals surface area (Å²) in [5.41, 5.74) is 0.0366. The first-order chi connectivity index (χ1) is 15.5. The molecule has 11 N–H and O–H groups in total. The van der Waals surface area contributed by atoms with Crippen molar-refractivity contribution in [3.05, 3.63) is 11.6 Å². The minimum absolute atomic E-state index is 0. The molecule has 8 unspecified atom stereocenters. The van der Waals surface area contributed by atoms with Crippen LogP contribution in [-0.4, -0.2) is 150 Å². The molecule has 0 bridgehead atoms. The number of hydrogen-bond acceptors (Lipinski definition) is 14. The average molecular weight is 552 g/mol. The standard InChI is InChI=1S/C19H33NO13.2H2S/c1-6-11(20-8-2-7(3-21)12(26)16(30)13(8)27)15(29)17(31)19(32-6)33-18(10(25)5-23)14(28)9(24)4-22;;/h2,4,6,8-21,23-31H,3,5H2,1H3;2*1H2/t6-,8?,9+,10?,11?,12?,13?,14-,15+,16?,17?,18-,19?;;/m1../s1. The maximum absolute atomic E-state index is 10.8. The van der Waals surface area contributed by atoms with E-state index in [4.69, 9.17) is 9.47 Å². The molecule has 208 valence electrons. The van der Waals surface area contributed by atoms with Crippen molar-refractivity contribution in [1.82, 2.24) is 5.32 Å². The summed E-state index contributed by atoms with van der Waals surface area (Å²) in [7, 11) is 0. The zero-order chi connectivity index (χ0) is 25.0. The third-order valence-electron chi connectivity index (χ3n) is 5.92.